The zero-order valence-electron chi connectivity index (χ0n) is 14.9. The molecule has 0 saturated heterocycles. The topological polar surface area (TPSA) is 75.9 Å². The monoisotopic (exact) mass is 355 g/mol. The fraction of sp³-hybridized carbons (Fsp3) is 0.182. The molecule has 0 fully saturated rings. The van der Waals surface area contributed by atoms with Crippen molar-refractivity contribution in [1.29, 1.82) is 0 Å². The molecule has 0 bridgehead atoms. The van der Waals surface area contributed by atoms with E-state index in [4.69, 9.17) is 5.73 Å². The first-order valence-corrected chi connectivity index (χ1v) is 9.23. The first-order chi connectivity index (χ1) is 13.2. The van der Waals surface area contributed by atoms with Gasteiger partial charge in [0.25, 0.3) is 0 Å². The average molecular weight is 355 g/mol. The second-order valence-electron chi connectivity index (χ2n) is 7.18. The summed E-state index contributed by atoms with van der Waals surface area (Å²) in [5, 5.41) is 6.81. The maximum Gasteiger partial charge on any atom is 0.227 e. The molecule has 2 aromatic carbocycles. The Morgan fingerprint density at radius 2 is 1.93 bits per heavy atom. The Hall–Kier alpha value is -3.18. The molecular weight excluding hydrogens is 334 g/mol. The summed E-state index contributed by atoms with van der Waals surface area (Å²) in [6.45, 7) is 0. The summed E-state index contributed by atoms with van der Waals surface area (Å²) >= 11 is 0. The summed E-state index contributed by atoms with van der Waals surface area (Å²) < 4.78 is 0. The predicted octanol–water partition coefficient (Wildman–Crippen LogP) is 4.04. The van der Waals surface area contributed by atoms with Crippen molar-refractivity contribution in [3.05, 3.63) is 83.7 Å². The van der Waals surface area contributed by atoms with E-state index in [0.717, 1.165) is 29.8 Å². The highest BCUT2D eigenvalue weighted by atomic mass is 15.1. The molecule has 2 atom stereocenters. The van der Waals surface area contributed by atoms with Crippen molar-refractivity contribution in [3.8, 4) is 0 Å². The predicted molar refractivity (Wildman–Crippen MR) is 109 cm³/mol. The second-order valence-corrected chi connectivity index (χ2v) is 7.18. The van der Waals surface area contributed by atoms with E-state index in [0.29, 0.717) is 5.95 Å². The van der Waals surface area contributed by atoms with Crippen LogP contribution < -0.4 is 16.4 Å². The van der Waals surface area contributed by atoms with Crippen molar-refractivity contribution in [2.75, 3.05) is 10.6 Å². The van der Waals surface area contributed by atoms with E-state index in [2.05, 4.69) is 69.2 Å². The minimum absolute atomic E-state index is 0.272. The van der Waals surface area contributed by atoms with Gasteiger partial charge in [-0.15, -0.1) is 0 Å². The fourth-order valence-corrected chi connectivity index (χ4v) is 4.14. The van der Waals surface area contributed by atoms with Gasteiger partial charge in [0.2, 0.25) is 5.95 Å². The van der Waals surface area contributed by atoms with E-state index in [9.17, 15) is 0 Å². The largest absolute Gasteiger partial charge is 0.363 e. The Morgan fingerprint density at radius 1 is 1.07 bits per heavy atom. The van der Waals surface area contributed by atoms with Crippen LogP contribution in [0, 0.1) is 0 Å². The molecule has 4 N–H and O–H groups in total. The lowest BCUT2D eigenvalue weighted by molar-refractivity contribution is 0.468. The first kappa shape index (κ1) is 16.0. The number of nitrogens with one attached hydrogen (secondary N) is 2. The van der Waals surface area contributed by atoms with Gasteiger partial charge in [0.1, 0.15) is 5.66 Å². The summed E-state index contributed by atoms with van der Waals surface area (Å²) in [6.07, 6.45) is 9.80. The third kappa shape index (κ3) is 2.86. The van der Waals surface area contributed by atoms with Crippen LogP contribution in [0.5, 0.6) is 0 Å². The van der Waals surface area contributed by atoms with Crippen LogP contribution in [-0.4, -0.2) is 15.6 Å². The van der Waals surface area contributed by atoms with Crippen molar-refractivity contribution in [3.63, 3.8) is 0 Å². The Labute approximate surface area is 158 Å². The van der Waals surface area contributed by atoms with Gasteiger partial charge in [0.05, 0.1) is 0 Å². The standard InChI is InChI=1S/C22H21N5/c23-22(19-8-6-15-4-1-2-5-18(15)19)11-10-16-14-17(7-9-20(16)27-22)26-21-24-12-3-13-25-21/h1-5,7,9-14,19,27H,6,8,23H2,(H,24,25,26)/t19?,22-/m1/s1. The molecule has 1 unspecified atom stereocenters. The number of hydrogen-bond donors (Lipinski definition) is 3. The Balaban J connectivity index is 1.42. The zero-order chi connectivity index (χ0) is 18.3. The summed E-state index contributed by atoms with van der Waals surface area (Å²) in [6, 6.07) is 16.6. The van der Waals surface area contributed by atoms with E-state index in [1.807, 2.05) is 6.07 Å². The highest BCUT2D eigenvalue weighted by Gasteiger charge is 2.39. The van der Waals surface area contributed by atoms with Gasteiger partial charge in [0, 0.05) is 29.7 Å². The summed E-state index contributed by atoms with van der Waals surface area (Å²) in [5.41, 5.74) is 12.1. The van der Waals surface area contributed by atoms with Gasteiger partial charge in [-0.3, -0.25) is 0 Å². The lowest BCUT2D eigenvalue weighted by atomic mass is 9.84. The van der Waals surface area contributed by atoms with E-state index < -0.39 is 5.66 Å². The number of benzene rings is 2. The normalized spacial score (nSPS) is 22.6. The highest BCUT2D eigenvalue weighted by Crippen LogP contribution is 2.43. The molecule has 3 aromatic rings. The van der Waals surface area contributed by atoms with Crippen molar-refractivity contribution in [2.45, 2.75) is 24.4 Å². The minimum Gasteiger partial charge on any atom is -0.363 e. The maximum atomic E-state index is 6.82. The van der Waals surface area contributed by atoms with E-state index >= 15 is 0 Å². The maximum absolute atomic E-state index is 6.82. The number of hydrogen-bond acceptors (Lipinski definition) is 5. The summed E-state index contributed by atoms with van der Waals surface area (Å²) in [7, 11) is 0. The van der Waals surface area contributed by atoms with Crippen LogP contribution in [-0.2, 0) is 6.42 Å². The second kappa shape index (κ2) is 6.21. The SMILES string of the molecule is N[C@]1(C2CCc3ccccc32)C=Cc2cc(Nc3ncccn3)ccc2N1. The number of anilines is 3. The lowest BCUT2D eigenvalue weighted by Crippen LogP contribution is -2.51. The number of rotatable bonds is 3. The summed E-state index contributed by atoms with van der Waals surface area (Å²) in [5.74, 6) is 0.856. The quantitative estimate of drug-likeness (QED) is 0.661. The number of nitrogens with zero attached hydrogens (tertiary/aromatic N) is 2. The molecule has 1 aromatic heterocycles. The van der Waals surface area contributed by atoms with Crippen LogP contribution in [0.3, 0.4) is 0 Å². The van der Waals surface area contributed by atoms with Crippen LogP contribution in [0.4, 0.5) is 17.3 Å². The van der Waals surface area contributed by atoms with Crippen LogP contribution in [0.25, 0.3) is 6.08 Å². The van der Waals surface area contributed by atoms with E-state index in [1.54, 1.807) is 18.5 Å². The molecule has 0 saturated carbocycles. The van der Waals surface area contributed by atoms with E-state index in [1.165, 1.54) is 11.1 Å². The molecule has 5 rings (SSSR count). The van der Waals surface area contributed by atoms with E-state index in [-0.39, 0.29) is 5.92 Å². The van der Waals surface area contributed by atoms with Gasteiger partial charge in [-0.1, -0.05) is 30.3 Å². The molecule has 5 nitrogen and oxygen atoms in total. The molecule has 1 aliphatic heterocycles. The Morgan fingerprint density at radius 3 is 2.81 bits per heavy atom. The van der Waals surface area contributed by atoms with Crippen molar-refractivity contribution in [2.24, 2.45) is 5.73 Å². The van der Waals surface area contributed by atoms with Crippen molar-refractivity contribution >= 4 is 23.4 Å². The van der Waals surface area contributed by atoms with Crippen LogP contribution in [0.1, 0.15) is 29.0 Å². The van der Waals surface area contributed by atoms with Gasteiger partial charge < -0.3 is 16.4 Å². The molecule has 2 aliphatic rings. The van der Waals surface area contributed by atoms with Crippen LogP contribution >= 0.6 is 0 Å². The molecule has 2 heterocycles. The molecule has 1 aliphatic carbocycles. The third-order valence-electron chi connectivity index (χ3n) is 5.47. The minimum atomic E-state index is -0.572. The zero-order valence-corrected chi connectivity index (χ0v) is 14.9. The van der Waals surface area contributed by atoms with Crippen LogP contribution in [0.2, 0.25) is 0 Å². The van der Waals surface area contributed by atoms with Gasteiger partial charge >= 0.3 is 0 Å². The third-order valence-corrected chi connectivity index (χ3v) is 5.47. The number of aryl methyl sites for hydroxylation is 1. The van der Waals surface area contributed by atoms with Crippen molar-refractivity contribution in [1.82, 2.24) is 9.97 Å². The molecule has 0 radical (unpaired) electrons. The number of nitrogens with two attached hydrogens (primary N) is 1. The Kier molecular flexibility index (Phi) is 3.69. The van der Waals surface area contributed by atoms with Crippen LogP contribution in [0.15, 0.2) is 67.0 Å². The molecule has 0 amide bonds. The first-order valence-electron chi connectivity index (χ1n) is 9.23. The van der Waals surface area contributed by atoms with Gasteiger partial charge in [-0.2, -0.15) is 0 Å². The molecule has 5 heteroatoms. The lowest BCUT2D eigenvalue weighted by Gasteiger charge is -2.38. The van der Waals surface area contributed by atoms with Crippen molar-refractivity contribution < 1.29 is 0 Å². The molecule has 27 heavy (non-hydrogen) atoms. The molecular formula is C22H21N5. The average Bonchev–Trinajstić information content (AvgIpc) is 3.14. The molecule has 134 valence electrons. The smallest absolute Gasteiger partial charge is 0.227 e. The number of fused-ring (bicyclic) bond motifs is 2. The summed E-state index contributed by atoms with van der Waals surface area (Å²) in [4.78, 5) is 8.41. The fourth-order valence-electron chi connectivity index (χ4n) is 4.14. The van der Waals surface area contributed by atoms with Gasteiger partial charge in [0.15, 0.2) is 0 Å². The molecule has 0 spiro atoms. The number of aromatic nitrogens is 2. The van der Waals surface area contributed by atoms with Gasteiger partial charge in [-0.05, 0) is 59.9 Å². The highest BCUT2D eigenvalue weighted by molar-refractivity contribution is 5.77. The Bertz CT molecular complexity index is 1010. The van der Waals surface area contributed by atoms with Gasteiger partial charge in [-0.25, -0.2) is 9.97 Å².